The second-order valence-corrected chi connectivity index (χ2v) is 8.15. The minimum atomic E-state index is -0.623. The molecule has 2 unspecified atom stereocenters. The summed E-state index contributed by atoms with van der Waals surface area (Å²) in [5.41, 5.74) is 2.99. The van der Waals surface area contributed by atoms with Crippen molar-refractivity contribution < 1.29 is 19.1 Å². The molecule has 0 aliphatic carbocycles. The lowest BCUT2D eigenvalue weighted by Crippen LogP contribution is -2.53. The first-order valence-corrected chi connectivity index (χ1v) is 10.3. The molecule has 3 N–H and O–H groups in total. The summed E-state index contributed by atoms with van der Waals surface area (Å²) in [7, 11) is 0. The van der Waals surface area contributed by atoms with Gasteiger partial charge < -0.3 is 25.4 Å². The zero-order valence-electron chi connectivity index (χ0n) is 17.2. The summed E-state index contributed by atoms with van der Waals surface area (Å²) < 4.78 is 10.7. The van der Waals surface area contributed by atoms with Crippen LogP contribution in [-0.2, 0) is 22.6 Å². The third kappa shape index (κ3) is 4.57. The molecule has 2 aliphatic heterocycles. The number of carbonyl (C=O) groups excluding carboxylic acids is 2. The molecule has 2 atom stereocenters. The first-order chi connectivity index (χ1) is 14.5. The van der Waals surface area contributed by atoms with Crippen molar-refractivity contribution in [3.8, 4) is 11.5 Å². The van der Waals surface area contributed by atoms with Crippen molar-refractivity contribution in [1.29, 1.82) is 0 Å². The van der Waals surface area contributed by atoms with Gasteiger partial charge in [0.2, 0.25) is 18.6 Å². The number of nitrogens with one attached hydrogen (secondary N) is 3. The number of hydrogen-bond acceptors (Lipinski definition) is 5. The number of anilines is 1. The van der Waals surface area contributed by atoms with Gasteiger partial charge in [0.15, 0.2) is 11.5 Å². The van der Waals surface area contributed by atoms with Gasteiger partial charge in [-0.15, -0.1) is 0 Å². The number of amides is 2. The van der Waals surface area contributed by atoms with Gasteiger partial charge in [-0.25, -0.2) is 0 Å². The Labute approximate surface area is 176 Å². The molecule has 0 aromatic heterocycles. The Morgan fingerprint density at radius 1 is 1.10 bits per heavy atom. The van der Waals surface area contributed by atoms with Gasteiger partial charge in [0.05, 0.1) is 6.04 Å². The molecule has 2 amide bonds. The predicted octanol–water partition coefficient (Wildman–Crippen LogP) is 2.60. The molecular weight excluding hydrogens is 382 g/mol. The molecule has 2 aliphatic rings. The first-order valence-electron chi connectivity index (χ1n) is 10.3. The van der Waals surface area contributed by atoms with Crippen molar-refractivity contribution in [3.63, 3.8) is 0 Å². The molecule has 4 rings (SSSR count). The molecule has 158 valence electrons. The van der Waals surface area contributed by atoms with Crippen molar-refractivity contribution in [2.45, 2.75) is 45.3 Å². The van der Waals surface area contributed by atoms with Gasteiger partial charge in [0.25, 0.3) is 0 Å². The van der Waals surface area contributed by atoms with Gasteiger partial charge in [0, 0.05) is 18.3 Å². The minimum absolute atomic E-state index is 0.156. The van der Waals surface area contributed by atoms with Crippen molar-refractivity contribution in [1.82, 2.24) is 10.6 Å². The van der Waals surface area contributed by atoms with E-state index in [2.05, 4.69) is 22.0 Å². The summed E-state index contributed by atoms with van der Waals surface area (Å²) in [4.78, 5) is 25.9. The van der Waals surface area contributed by atoms with Crippen LogP contribution in [0.2, 0.25) is 0 Å². The highest BCUT2D eigenvalue weighted by Gasteiger charge is 2.29. The van der Waals surface area contributed by atoms with Crippen LogP contribution in [0, 0.1) is 5.92 Å². The Bertz CT molecular complexity index is 944. The summed E-state index contributed by atoms with van der Waals surface area (Å²) >= 11 is 0. The van der Waals surface area contributed by atoms with Crippen molar-refractivity contribution >= 4 is 17.5 Å². The molecule has 2 aromatic carbocycles. The van der Waals surface area contributed by atoms with E-state index in [1.807, 2.05) is 32.0 Å². The summed E-state index contributed by atoms with van der Waals surface area (Å²) in [5.74, 6) is 1.10. The lowest BCUT2D eigenvalue weighted by atomic mass is 9.95. The predicted molar refractivity (Wildman–Crippen MR) is 113 cm³/mol. The average Bonchev–Trinajstić information content (AvgIpc) is 3.20. The van der Waals surface area contributed by atoms with E-state index in [1.165, 1.54) is 11.1 Å². The van der Waals surface area contributed by atoms with E-state index in [1.54, 1.807) is 18.2 Å². The standard InChI is InChI=1S/C23H27N3O4/c1-14(2)9-19(23(28)25-17-7-8-20-21(11-17)30-13-29-20)26-22(27)18-10-15-5-3-4-6-16(15)12-24-18/h3-8,11,14,18-19,24H,9-10,12-13H2,1-2H3,(H,25,28)(H,26,27). The molecule has 7 nitrogen and oxygen atoms in total. The third-order valence-electron chi connectivity index (χ3n) is 5.38. The summed E-state index contributed by atoms with van der Waals surface area (Å²) in [5, 5.41) is 9.12. The molecule has 30 heavy (non-hydrogen) atoms. The second-order valence-electron chi connectivity index (χ2n) is 8.15. The second kappa shape index (κ2) is 8.75. The number of rotatable bonds is 6. The van der Waals surface area contributed by atoms with Crippen LogP contribution in [0.5, 0.6) is 11.5 Å². The molecule has 0 bridgehead atoms. The quantitative estimate of drug-likeness (QED) is 0.683. The minimum Gasteiger partial charge on any atom is -0.454 e. The van der Waals surface area contributed by atoms with E-state index < -0.39 is 6.04 Å². The molecule has 2 heterocycles. The molecule has 0 radical (unpaired) electrons. The molecule has 0 saturated carbocycles. The van der Waals surface area contributed by atoms with Crippen LogP contribution in [0.4, 0.5) is 5.69 Å². The van der Waals surface area contributed by atoms with Crippen molar-refractivity contribution in [2.24, 2.45) is 5.92 Å². The topological polar surface area (TPSA) is 88.7 Å². The normalized spacial score (nSPS) is 17.9. The van der Waals surface area contributed by atoms with Crippen LogP contribution in [-0.4, -0.2) is 30.7 Å². The van der Waals surface area contributed by atoms with Crippen LogP contribution in [0.25, 0.3) is 0 Å². The largest absolute Gasteiger partial charge is 0.454 e. The van der Waals surface area contributed by atoms with Crippen LogP contribution in [0.1, 0.15) is 31.4 Å². The fourth-order valence-electron chi connectivity index (χ4n) is 3.82. The van der Waals surface area contributed by atoms with E-state index in [-0.39, 0.29) is 30.6 Å². The van der Waals surface area contributed by atoms with Gasteiger partial charge >= 0.3 is 0 Å². The molecule has 2 aromatic rings. The first kappa shape index (κ1) is 20.2. The monoisotopic (exact) mass is 409 g/mol. The fourth-order valence-corrected chi connectivity index (χ4v) is 3.82. The number of ether oxygens (including phenoxy) is 2. The Morgan fingerprint density at radius 3 is 2.67 bits per heavy atom. The highest BCUT2D eigenvalue weighted by Crippen LogP contribution is 2.34. The average molecular weight is 409 g/mol. The van der Waals surface area contributed by atoms with Crippen LogP contribution in [0.3, 0.4) is 0 Å². The lowest BCUT2D eigenvalue weighted by Gasteiger charge is -2.28. The number of benzene rings is 2. The highest BCUT2D eigenvalue weighted by molar-refractivity contribution is 5.98. The smallest absolute Gasteiger partial charge is 0.246 e. The van der Waals surface area contributed by atoms with Gasteiger partial charge in [0.1, 0.15) is 6.04 Å². The van der Waals surface area contributed by atoms with Gasteiger partial charge in [-0.05, 0) is 42.0 Å². The van der Waals surface area contributed by atoms with E-state index in [9.17, 15) is 9.59 Å². The fraction of sp³-hybridized carbons (Fsp3) is 0.391. The molecule has 0 fully saturated rings. The van der Waals surface area contributed by atoms with Gasteiger partial charge in [-0.1, -0.05) is 38.1 Å². The number of carbonyl (C=O) groups is 2. The number of fused-ring (bicyclic) bond motifs is 2. The van der Waals surface area contributed by atoms with Gasteiger partial charge in [-0.3, -0.25) is 9.59 Å². The number of hydrogen-bond donors (Lipinski definition) is 3. The Kier molecular flexibility index (Phi) is 5.90. The SMILES string of the molecule is CC(C)CC(NC(=O)C1Cc2ccccc2CN1)C(=O)Nc1ccc2c(c1)OCO2. The van der Waals surface area contributed by atoms with E-state index in [4.69, 9.17) is 9.47 Å². The van der Waals surface area contributed by atoms with E-state index >= 15 is 0 Å². The Morgan fingerprint density at radius 2 is 1.87 bits per heavy atom. The van der Waals surface area contributed by atoms with Crippen molar-refractivity contribution in [2.75, 3.05) is 12.1 Å². The molecular formula is C23H27N3O4. The lowest BCUT2D eigenvalue weighted by molar-refractivity contribution is -0.128. The summed E-state index contributed by atoms with van der Waals surface area (Å²) in [6, 6.07) is 12.4. The van der Waals surface area contributed by atoms with E-state index in [0.29, 0.717) is 36.6 Å². The maximum Gasteiger partial charge on any atom is 0.246 e. The van der Waals surface area contributed by atoms with Crippen molar-refractivity contribution in [3.05, 3.63) is 53.6 Å². The Hall–Kier alpha value is -3.06. The van der Waals surface area contributed by atoms with Crippen LogP contribution >= 0.6 is 0 Å². The molecule has 0 saturated heterocycles. The third-order valence-corrected chi connectivity index (χ3v) is 5.38. The zero-order valence-corrected chi connectivity index (χ0v) is 17.2. The van der Waals surface area contributed by atoms with Gasteiger partial charge in [-0.2, -0.15) is 0 Å². The summed E-state index contributed by atoms with van der Waals surface area (Å²) in [6.07, 6.45) is 1.16. The maximum atomic E-state index is 12.9. The maximum absolute atomic E-state index is 12.9. The van der Waals surface area contributed by atoms with Crippen LogP contribution < -0.4 is 25.4 Å². The van der Waals surface area contributed by atoms with E-state index in [0.717, 1.165) is 0 Å². The Balaban J connectivity index is 1.42. The summed E-state index contributed by atoms with van der Waals surface area (Å²) in [6.45, 7) is 4.88. The zero-order chi connectivity index (χ0) is 21.1. The van der Waals surface area contributed by atoms with Crippen LogP contribution in [0.15, 0.2) is 42.5 Å². The molecule has 0 spiro atoms. The highest BCUT2D eigenvalue weighted by atomic mass is 16.7. The molecule has 7 heteroatoms.